The second-order valence-corrected chi connectivity index (χ2v) is 4.31. The van der Waals surface area contributed by atoms with E-state index in [0.29, 0.717) is 6.04 Å². The number of benzene rings is 2. The van der Waals surface area contributed by atoms with Crippen molar-refractivity contribution < 1.29 is 4.74 Å². The van der Waals surface area contributed by atoms with Gasteiger partial charge in [-0.3, -0.25) is 0 Å². The van der Waals surface area contributed by atoms with Gasteiger partial charge in [0.25, 0.3) is 0 Å². The zero-order valence-electron chi connectivity index (χ0n) is 11.3. The van der Waals surface area contributed by atoms with Crippen LogP contribution in [0.1, 0.15) is 17.2 Å². The van der Waals surface area contributed by atoms with E-state index in [-0.39, 0.29) is 12.4 Å². The fourth-order valence-corrected chi connectivity index (χ4v) is 2.09. The van der Waals surface area contributed by atoms with E-state index in [2.05, 4.69) is 41.7 Å². The van der Waals surface area contributed by atoms with Crippen LogP contribution in [0.4, 0.5) is 0 Å². The third-order valence-corrected chi connectivity index (χ3v) is 3.13. The molecule has 0 heterocycles. The Balaban J connectivity index is 0.00000180. The first-order chi connectivity index (χ1) is 8.83. The SMILES string of the molecule is CNC(Cc1ccccc1)c1cccc(OC)c1.Cl. The van der Waals surface area contributed by atoms with E-state index in [9.17, 15) is 0 Å². The zero-order valence-corrected chi connectivity index (χ0v) is 12.1. The van der Waals surface area contributed by atoms with E-state index in [1.807, 2.05) is 25.2 Å². The molecule has 2 aromatic carbocycles. The standard InChI is InChI=1S/C16H19NO.ClH/c1-17-16(11-13-7-4-3-5-8-13)14-9-6-10-15(12-14)18-2;/h3-10,12,16-17H,11H2,1-2H3;1H. The highest BCUT2D eigenvalue weighted by Gasteiger charge is 2.10. The molecule has 19 heavy (non-hydrogen) atoms. The smallest absolute Gasteiger partial charge is 0.119 e. The molecular formula is C16H20ClNO. The molecule has 0 radical (unpaired) electrons. The van der Waals surface area contributed by atoms with Crippen molar-refractivity contribution in [3.8, 4) is 5.75 Å². The molecule has 2 nitrogen and oxygen atoms in total. The zero-order chi connectivity index (χ0) is 12.8. The van der Waals surface area contributed by atoms with E-state index < -0.39 is 0 Å². The van der Waals surface area contributed by atoms with Crippen molar-refractivity contribution in [2.24, 2.45) is 0 Å². The van der Waals surface area contributed by atoms with Crippen molar-refractivity contribution in [3.05, 3.63) is 65.7 Å². The largest absolute Gasteiger partial charge is 0.497 e. The van der Waals surface area contributed by atoms with Crippen LogP contribution in [0.3, 0.4) is 0 Å². The first kappa shape index (κ1) is 15.5. The Labute approximate surface area is 121 Å². The summed E-state index contributed by atoms with van der Waals surface area (Å²) in [6, 6.07) is 19.0. The molecule has 1 unspecified atom stereocenters. The van der Waals surface area contributed by atoms with E-state index in [4.69, 9.17) is 4.74 Å². The Morgan fingerprint density at radius 1 is 1.05 bits per heavy atom. The van der Waals surface area contributed by atoms with Crippen LogP contribution in [0.2, 0.25) is 0 Å². The number of halogens is 1. The molecule has 0 aliphatic carbocycles. The molecule has 1 atom stereocenters. The molecule has 0 saturated carbocycles. The number of ether oxygens (including phenoxy) is 1. The maximum atomic E-state index is 5.27. The summed E-state index contributed by atoms with van der Waals surface area (Å²) in [7, 11) is 3.69. The second kappa shape index (κ2) is 7.82. The van der Waals surface area contributed by atoms with Crippen molar-refractivity contribution >= 4 is 12.4 Å². The summed E-state index contributed by atoms with van der Waals surface area (Å²) in [5.41, 5.74) is 2.58. The topological polar surface area (TPSA) is 21.3 Å². The number of nitrogens with one attached hydrogen (secondary N) is 1. The van der Waals surface area contributed by atoms with Gasteiger partial charge < -0.3 is 10.1 Å². The molecule has 0 bridgehead atoms. The maximum Gasteiger partial charge on any atom is 0.119 e. The van der Waals surface area contributed by atoms with Crippen LogP contribution in [0, 0.1) is 0 Å². The van der Waals surface area contributed by atoms with Gasteiger partial charge in [0.2, 0.25) is 0 Å². The van der Waals surface area contributed by atoms with Gasteiger partial charge in [0.05, 0.1) is 7.11 Å². The Kier molecular flexibility index (Phi) is 6.40. The molecule has 0 spiro atoms. The van der Waals surface area contributed by atoms with Crippen molar-refractivity contribution in [1.82, 2.24) is 5.32 Å². The lowest BCUT2D eigenvalue weighted by Crippen LogP contribution is -2.18. The molecular weight excluding hydrogens is 258 g/mol. The lowest BCUT2D eigenvalue weighted by Gasteiger charge is -2.17. The molecule has 102 valence electrons. The Hall–Kier alpha value is -1.51. The van der Waals surface area contributed by atoms with Crippen molar-refractivity contribution in [1.29, 1.82) is 0 Å². The van der Waals surface area contributed by atoms with E-state index >= 15 is 0 Å². The van der Waals surface area contributed by atoms with Gasteiger partial charge in [0, 0.05) is 6.04 Å². The summed E-state index contributed by atoms with van der Waals surface area (Å²) in [4.78, 5) is 0. The molecule has 0 saturated heterocycles. The van der Waals surface area contributed by atoms with Gasteiger partial charge in [-0.25, -0.2) is 0 Å². The highest BCUT2D eigenvalue weighted by Crippen LogP contribution is 2.22. The maximum absolute atomic E-state index is 5.27. The highest BCUT2D eigenvalue weighted by atomic mass is 35.5. The lowest BCUT2D eigenvalue weighted by atomic mass is 9.99. The number of hydrogen-bond donors (Lipinski definition) is 1. The summed E-state index contributed by atoms with van der Waals surface area (Å²) in [5.74, 6) is 0.904. The van der Waals surface area contributed by atoms with Gasteiger partial charge >= 0.3 is 0 Å². The van der Waals surface area contributed by atoms with Gasteiger partial charge in [-0.2, -0.15) is 0 Å². The molecule has 3 heteroatoms. The average Bonchev–Trinajstić information content (AvgIpc) is 2.46. The molecule has 0 amide bonds. The molecule has 2 aromatic rings. The third kappa shape index (κ3) is 4.27. The third-order valence-electron chi connectivity index (χ3n) is 3.13. The van der Waals surface area contributed by atoms with Crippen molar-refractivity contribution in [2.75, 3.05) is 14.2 Å². The Bertz CT molecular complexity index is 487. The predicted octanol–water partition coefficient (Wildman–Crippen LogP) is 3.62. The van der Waals surface area contributed by atoms with Crippen LogP contribution in [-0.2, 0) is 6.42 Å². The molecule has 0 aliphatic heterocycles. The van der Waals surface area contributed by atoms with Gasteiger partial charge in [-0.05, 0) is 36.7 Å². The Morgan fingerprint density at radius 3 is 2.42 bits per heavy atom. The number of rotatable bonds is 5. The fourth-order valence-electron chi connectivity index (χ4n) is 2.09. The molecule has 2 rings (SSSR count). The average molecular weight is 278 g/mol. The summed E-state index contributed by atoms with van der Waals surface area (Å²) in [6.45, 7) is 0. The summed E-state index contributed by atoms with van der Waals surface area (Å²) in [5, 5.41) is 3.36. The molecule has 0 aromatic heterocycles. The van der Waals surface area contributed by atoms with Gasteiger partial charge in [0.15, 0.2) is 0 Å². The number of hydrogen-bond acceptors (Lipinski definition) is 2. The van der Waals surface area contributed by atoms with Crippen LogP contribution in [0.15, 0.2) is 54.6 Å². The van der Waals surface area contributed by atoms with Gasteiger partial charge in [0.1, 0.15) is 5.75 Å². The summed E-state index contributed by atoms with van der Waals surface area (Å²) >= 11 is 0. The normalized spacial score (nSPS) is 11.5. The van der Waals surface area contributed by atoms with Crippen molar-refractivity contribution in [3.63, 3.8) is 0 Å². The molecule has 0 aliphatic rings. The highest BCUT2D eigenvalue weighted by molar-refractivity contribution is 5.85. The van der Waals surface area contributed by atoms with E-state index in [1.165, 1.54) is 11.1 Å². The van der Waals surface area contributed by atoms with Crippen LogP contribution in [0.25, 0.3) is 0 Å². The quantitative estimate of drug-likeness (QED) is 0.901. The van der Waals surface area contributed by atoms with Crippen LogP contribution in [0.5, 0.6) is 5.75 Å². The van der Waals surface area contributed by atoms with Gasteiger partial charge in [-0.15, -0.1) is 12.4 Å². The monoisotopic (exact) mass is 277 g/mol. The minimum Gasteiger partial charge on any atom is -0.497 e. The van der Waals surface area contributed by atoms with E-state index in [1.54, 1.807) is 7.11 Å². The lowest BCUT2D eigenvalue weighted by molar-refractivity contribution is 0.413. The first-order valence-electron chi connectivity index (χ1n) is 6.18. The number of methoxy groups -OCH3 is 1. The summed E-state index contributed by atoms with van der Waals surface area (Å²) in [6.07, 6.45) is 0.977. The molecule has 1 N–H and O–H groups in total. The Morgan fingerprint density at radius 2 is 1.79 bits per heavy atom. The van der Waals surface area contributed by atoms with Crippen LogP contribution >= 0.6 is 12.4 Å². The predicted molar refractivity (Wildman–Crippen MR) is 82.2 cm³/mol. The van der Waals surface area contributed by atoms with Crippen LogP contribution < -0.4 is 10.1 Å². The van der Waals surface area contributed by atoms with Crippen molar-refractivity contribution in [2.45, 2.75) is 12.5 Å². The number of likely N-dealkylation sites (N-methyl/N-ethyl adjacent to an activating group) is 1. The minimum absolute atomic E-state index is 0. The first-order valence-corrected chi connectivity index (χ1v) is 6.18. The second-order valence-electron chi connectivity index (χ2n) is 4.31. The minimum atomic E-state index is 0. The fraction of sp³-hybridized carbons (Fsp3) is 0.250. The van der Waals surface area contributed by atoms with Gasteiger partial charge in [-0.1, -0.05) is 42.5 Å². The molecule has 0 fully saturated rings. The van der Waals surface area contributed by atoms with Crippen LogP contribution in [-0.4, -0.2) is 14.2 Å². The van der Waals surface area contributed by atoms with E-state index in [0.717, 1.165) is 12.2 Å². The summed E-state index contributed by atoms with van der Waals surface area (Å²) < 4.78 is 5.27.